The molecule has 0 saturated heterocycles. The normalized spacial score (nSPS) is 10.5. The largest absolute Gasteiger partial charge is 0.466 e. The molecule has 11 heavy (non-hydrogen) atoms. The Morgan fingerprint density at radius 1 is 1.55 bits per heavy atom. The van der Waals surface area contributed by atoms with E-state index in [1.807, 2.05) is 0 Å². The first kappa shape index (κ1) is 9.69. The van der Waals surface area contributed by atoms with Gasteiger partial charge in [0.25, 0.3) is 0 Å². The molecular formula is C9H12O2. The van der Waals surface area contributed by atoms with Crippen LogP contribution in [-0.4, -0.2) is 13.1 Å². The highest BCUT2D eigenvalue weighted by molar-refractivity contribution is 5.88. The minimum absolute atomic E-state index is 0.329. The van der Waals surface area contributed by atoms with E-state index in [0.717, 1.165) is 0 Å². The first-order valence-electron chi connectivity index (χ1n) is 3.27. The van der Waals surface area contributed by atoms with E-state index in [-0.39, 0.29) is 5.97 Å². The molecule has 60 valence electrons. The van der Waals surface area contributed by atoms with E-state index < -0.39 is 0 Å². The summed E-state index contributed by atoms with van der Waals surface area (Å²) in [7, 11) is 1.35. The lowest BCUT2D eigenvalue weighted by molar-refractivity contribution is -0.136. The Bertz CT molecular complexity index is 190. The van der Waals surface area contributed by atoms with Crippen LogP contribution in [0.4, 0.5) is 0 Å². The molecule has 0 amide bonds. The van der Waals surface area contributed by atoms with Crippen molar-refractivity contribution in [3.63, 3.8) is 0 Å². The molecule has 0 aromatic carbocycles. The third kappa shape index (κ3) is 3.40. The summed E-state index contributed by atoms with van der Waals surface area (Å²) in [5.74, 6) is -0.329. The lowest BCUT2D eigenvalue weighted by atomic mass is 10.2. The van der Waals surface area contributed by atoms with E-state index >= 15 is 0 Å². The zero-order valence-electron chi connectivity index (χ0n) is 6.67. The minimum atomic E-state index is -0.329. The summed E-state index contributed by atoms with van der Waals surface area (Å²) >= 11 is 0. The van der Waals surface area contributed by atoms with Crippen LogP contribution in [0.3, 0.4) is 0 Å². The fourth-order valence-corrected chi connectivity index (χ4v) is 0.648. The van der Waals surface area contributed by atoms with Crippen LogP contribution in [0.1, 0.15) is 6.42 Å². The summed E-state index contributed by atoms with van der Waals surface area (Å²) in [6.07, 6.45) is 5.33. The third-order valence-electron chi connectivity index (χ3n) is 1.13. The predicted octanol–water partition coefficient (Wildman–Crippen LogP) is 1.85. The van der Waals surface area contributed by atoms with Crippen molar-refractivity contribution < 1.29 is 9.53 Å². The predicted molar refractivity (Wildman–Crippen MR) is 45.1 cm³/mol. The number of esters is 1. The van der Waals surface area contributed by atoms with Gasteiger partial charge < -0.3 is 4.74 Å². The molecule has 0 heterocycles. The van der Waals surface area contributed by atoms with E-state index in [4.69, 9.17) is 0 Å². The van der Waals surface area contributed by atoms with Crippen LogP contribution in [0, 0.1) is 0 Å². The Hall–Kier alpha value is -1.31. The maximum absolute atomic E-state index is 10.9. The Kier molecular flexibility index (Phi) is 4.82. The molecule has 0 saturated carbocycles. The molecule has 0 atom stereocenters. The van der Waals surface area contributed by atoms with Gasteiger partial charge in [-0.15, -0.1) is 6.58 Å². The summed E-state index contributed by atoms with van der Waals surface area (Å²) in [5.41, 5.74) is 0.567. The third-order valence-corrected chi connectivity index (χ3v) is 1.13. The van der Waals surface area contributed by atoms with Gasteiger partial charge in [-0.1, -0.05) is 24.8 Å². The van der Waals surface area contributed by atoms with Crippen molar-refractivity contribution in [2.45, 2.75) is 6.42 Å². The Morgan fingerprint density at radius 3 is 2.55 bits per heavy atom. The lowest BCUT2D eigenvalue weighted by Crippen LogP contribution is -2.03. The fraction of sp³-hybridized carbons (Fsp3) is 0.222. The van der Waals surface area contributed by atoms with E-state index in [1.165, 1.54) is 7.11 Å². The minimum Gasteiger partial charge on any atom is -0.466 e. The second-order valence-electron chi connectivity index (χ2n) is 1.91. The Morgan fingerprint density at radius 2 is 2.18 bits per heavy atom. The SMILES string of the molecule is C=C/C=C(/CC=C)C(=O)OC. The zero-order valence-corrected chi connectivity index (χ0v) is 6.67. The highest BCUT2D eigenvalue weighted by Gasteiger charge is 2.04. The molecule has 0 N–H and O–H groups in total. The number of methoxy groups -OCH3 is 1. The Balaban J connectivity index is 4.32. The van der Waals surface area contributed by atoms with Gasteiger partial charge in [0.15, 0.2) is 0 Å². The van der Waals surface area contributed by atoms with Crippen molar-refractivity contribution >= 4 is 5.97 Å². The highest BCUT2D eigenvalue weighted by atomic mass is 16.5. The molecule has 0 radical (unpaired) electrons. The number of rotatable bonds is 4. The van der Waals surface area contributed by atoms with Gasteiger partial charge >= 0.3 is 5.97 Å². The molecule has 0 unspecified atom stereocenters. The number of hydrogen-bond acceptors (Lipinski definition) is 2. The fourth-order valence-electron chi connectivity index (χ4n) is 0.648. The van der Waals surface area contributed by atoms with Crippen molar-refractivity contribution in [1.29, 1.82) is 0 Å². The summed E-state index contributed by atoms with van der Waals surface area (Å²) in [6.45, 7) is 7.00. The van der Waals surface area contributed by atoms with E-state index in [1.54, 1.807) is 18.2 Å². The van der Waals surface area contributed by atoms with Crippen LogP contribution < -0.4 is 0 Å². The summed E-state index contributed by atoms with van der Waals surface area (Å²) < 4.78 is 4.51. The maximum atomic E-state index is 10.9. The lowest BCUT2D eigenvalue weighted by Gasteiger charge is -1.99. The van der Waals surface area contributed by atoms with Crippen LogP contribution in [-0.2, 0) is 9.53 Å². The van der Waals surface area contributed by atoms with Gasteiger partial charge in [-0.3, -0.25) is 0 Å². The average molecular weight is 152 g/mol. The average Bonchev–Trinajstić information content (AvgIpc) is 2.03. The number of ether oxygens (including phenoxy) is 1. The van der Waals surface area contributed by atoms with Crippen molar-refractivity contribution in [3.8, 4) is 0 Å². The van der Waals surface area contributed by atoms with Gasteiger partial charge in [0, 0.05) is 5.57 Å². The molecule has 0 rings (SSSR count). The smallest absolute Gasteiger partial charge is 0.334 e. The van der Waals surface area contributed by atoms with Crippen molar-refractivity contribution in [2.75, 3.05) is 7.11 Å². The van der Waals surface area contributed by atoms with Crippen molar-refractivity contribution in [1.82, 2.24) is 0 Å². The van der Waals surface area contributed by atoms with E-state index in [9.17, 15) is 4.79 Å². The molecule has 0 aliphatic rings. The van der Waals surface area contributed by atoms with Crippen molar-refractivity contribution in [3.05, 3.63) is 37.0 Å². The Labute approximate surface area is 66.9 Å². The molecule has 0 bridgehead atoms. The molecule has 0 aromatic heterocycles. The van der Waals surface area contributed by atoms with Gasteiger partial charge in [-0.05, 0) is 6.42 Å². The molecule has 2 heteroatoms. The van der Waals surface area contributed by atoms with Gasteiger partial charge in [-0.25, -0.2) is 4.79 Å². The van der Waals surface area contributed by atoms with Gasteiger partial charge in [0.05, 0.1) is 7.11 Å². The second-order valence-corrected chi connectivity index (χ2v) is 1.91. The van der Waals surface area contributed by atoms with Crippen LogP contribution in [0.2, 0.25) is 0 Å². The molecule has 0 fully saturated rings. The summed E-state index contributed by atoms with van der Waals surface area (Å²) in [4.78, 5) is 10.9. The number of carbonyl (C=O) groups is 1. The van der Waals surface area contributed by atoms with Crippen LogP contribution >= 0.6 is 0 Å². The first-order valence-corrected chi connectivity index (χ1v) is 3.27. The molecule has 0 aromatic rings. The van der Waals surface area contributed by atoms with E-state index in [0.29, 0.717) is 12.0 Å². The maximum Gasteiger partial charge on any atom is 0.334 e. The summed E-state index contributed by atoms with van der Waals surface area (Å²) in [6, 6.07) is 0. The molecule has 0 aliphatic heterocycles. The standard InChI is InChI=1S/C9H12O2/c1-4-6-8(7-5-2)9(10)11-3/h4-6H,1-2,7H2,3H3/b8-6-. The number of allylic oxidation sites excluding steroid dienone is 3. The zero-order chi connectivity index (χ0) is 8.69. The number of hydrogen-bond donors (Lipinski definition) is 0. The van der Waals surface area contributed by atoms with Crippen LogP contribution in [0.15, 0.2) is 37.0 Å². The van der Waals surface area contributed by atoms with Gasteiger partial charge in [0.1, 0.15) is 0 Å². The first-order chi connectivity index (χ1) is 5.26. The second kappa shape index (κ2) is 5.47. The van der Waals surface area contributed by atoms with Crippen molar-refractivity contribution in [2.24, 2.45) is 0 Å². The monoisotopic (exact) mass is 152 g/mol. The molecule has 2 nitrogen and oxygen atoms in total. The van der Waals surface area contributed by atoms with E-state index in [2.05, 4.69) is 17.9 Å². The molecule has 0 spiro atoms. The summed E-state index contributed by atoms with van der Waals surface area (Å²) in [5, 5.41) is 0. The van der Waals surface area contributed by atoms with Crippen LogP contribution in [0.25, 0.3) is 0 Å². The van der Waals surface area contributed by atoms with Crippen LogP contribution in [0.5, 0.6) is 0 Å². The molecule has 0 aliphatic carbocycles. The topological polar surface area (TPSA) is 26.3 Å². The molecular weight excluding hydrogens is 140 g/mol. The van der Waals surface area contributed by atoms with Gasteiger partial charge in [0.2, 0.25) is 0 Å². The quantitative estimate of drug-likeness (QED) is 0.266. The number of carbonyl (C=O) groups excluding carboxylic acids is 1. The van der Waals surface area contributed by atoms with Gasteiger partial charge in [-0.2, -0.15) is 0 Å². The highest BCUT2D eigenvalue weighted by Crippen LogP contribution is 2.03.